The highest BCUT2D eigenvalue weighted by Crippen LogP contribution is 2.52. The first kappa shape index (κ1) is 21.2. The summed E-state index contributed by atoms with van der Waals surface area (Å²) in [6, 6.07) is 28.4. The van der Waals surface area contributed by atoms with Crippen LogP contribution in [0.1, 0.15) is 51.3 Å². The van der Waals surface area contributed by atoms with Crippen molar-refractivity contribution in [3.05, 3.63) is 113 Å². The molecule has 4 aromatic carbocycles. The molecular weight excluding hydrogens is 470 g/mol. The molecule has 0 bridgehead atoms. The third kappa shape index (κ3) is 4.77. The van der Waals surface area contributed by atoms with Crippen molar-refractivity contribution >= 4 is 0 Å². The van der Waals surface area contributed by atoms with Crippen LogP contribution in [0, 0.1) is 0 Å². The minimum Gasteiger partial charge on any atom is -0.497 e. The van der Waals surface area contributed by atoms with Gasteiger partial charge in [0.2, 0.25) is 0 Å². The van der Waals surface area contributed by atoms with Gasteiger partial charge in [-0.3, -0.25) is 4.90 Å². The van der Waals surface area contributed by atoms with Crippen molar-refractivity contribution in [2.45, 2.75) is 45.4 Å². The Morgan fingerprint density at radius 1 is 0.868 bits per heavy atom. The third-order valence-electron chi connectivity index (χ3n) is 7.66. The maximum absolute atomic E-state index is 7.75. The van der Waals surface area contributed by atoms with Crippen molar-refractivity contribution in [1.82, 2.24) is 4.90 Å². The van der Waals surface area contributed by atoms with Crippen LogP contribution in [0.3, 0.4) is 0 Å². The average molecular weight is 512 g/mol. The quantitative estimate of drug-likeness (QED) is 0.234. The lowest BCUT2D eigenvalue weighted by atomic mass is 9.76. The van der Waals surface area contributed by atoms with Crippen LogP contribution in [0.15, 0.2) is 84.9 Å². The van der Waals surface area contributed by atoms with Gasteiger partial charge < -0.3 is 14.2 Å². The van der Waals surface area contributed by atoms with Gasteiger partial charge in [0.15, 0.2) is 11.5 Å². The zero-order valence-corrected chi connectivity index (χ0v) is 21.8. The molecule has 0 N–H and O–H groups in total. The number of hydrogen-bond acceptors (Lipinski definition) is 4. The summed E-state index contributed by atoms with van der Waals surface area (Å²) in [7, 11) is -2.53. The molecule has 1 heterocycles. The van der Waals surface area contributed by atoms with E-state index in [2.05, 4.69) is 17.9 Å². The summed E-state index contributed by atoms with van der Waals surface area (Å²) in [5.41, 5.74) is 7.63. The first-order valence-electron chi connectivity index (χ1n) is 15.0. The van der Waals surface area contributed by atoms with Crippen LogP contribution in [-0.2, 0) is 26.1 Å². The lowest BCUT2D eigenvalue weighted by Crippen LogP contribution is -2.39. The second-order valence-electron chi connectivity index (χ2n) is 10.1. The Labute approximate surface area is 230 Å². The molecule has 2 aliphatic rings. The molecule has 0 saturated heterocycles. The fourth-order valence-corrected chi connectivity index (χ4v) is 5.94. The van der Waals surface area contributed by atoms with E-state index in [1.54, 1.807) is 0 Å². The van der Waals surface area contributed by atoms with E-state index in [0.717, 1.165) is 65.7 Å². The van der Waals surface area contributed by atoms with Crippen LogP contribution in [0.25, 0.3) is 11.1 Å². The molecule has 4 nitrogen and oxygen atoms in total. The number of hydrogen-bond donors (Lipinski definition) is 0. The molecule has 6 rings (SSSR count). The Balaban J connectivity index is 1.48. The number of nitrogens with zero attached hydrogens (tertiary/aromatic N) is 1. The van der Waals surface area contributed by atoms with E-state index in [1.165, 1.54) is 5.56 Å². The topological polar surface area (TPSA) is 30.9 Å². The average Bonchev–Trinajstić information content (AvgIpc) is 2.96. The van der Waals surface area contributed by atoms with Crippen molar-refractivity contribution in [3.8, 4) is 28.4 Å². The van der Waals surface area contributed by atoms with Gasteiger partial charge >= 0.3 is 0 Å². The Morgan fingerprint density at radius 3 is 2.32 bits per heavy atom. The molecular formula is C34H35NO3. The predicted octanol–water partition coefficient (Wildman–Crippen LogP) is 7.39. The standard InChI is InChI=1S/C34H35NO3/c1-3-17-35-18-16-27-19-28(36-2)21-29-32(27)30(35)20-26-14-15-31(37-22-24-10-6-4-7-11-24)34(33(26)29)38-23-25-12-8-5-9-13-25/h4-15,19,21,30H,3,16-18,20,22-23H2,1-2H3/t30-/m1/s1/i2T3. The number of ether oxygens (including phenoxy) is 3. The summed E-state index contributed by atoms with van der Waals surface area (Å²) in [6.45, 7) is 4.97. The maximum atomic E-state index is 7.75. The molecule has 0 amide bonds. The summed E-state index contributed by atoms with van der Waals surface area (Å²) in [5, 5.41) is 0. The van der Waals surface area contributed by atoms with Crippen LogP contribution in [0.2, 0.25) is 0 Å². The Bertz CT molecular complexity index is 1510. The van der Waals surface area contributed by atoms with E-state index in [1.807, 2.05) is 78.9 Å². The van der Waals surface area contributed by atoms with Crippen LogP contribution >= 0.6 is 0 Å². The third-order valence-corrected chi connectivity index (χ3v) is 7.66. The van der Waals surface area contributed by atoms with Crippen molar-refractivity contribution in [2.75, 3.05) is 20.1 Å². The van der Waals surface area contributed by atoms with Crippen molar-refractivity contribution < 1.29 is 18.3 Å². The molecule has 0 aromatic heterocycles. The van der Waals surface area contributed by atoms with Crippen molar-refractivity contribution in [2.24, 2.45) is 0 Å². The van der Waals surface area contributed by atoms with Crippen LogP contribution in [0.5, 0.6) is 17.2 Å². The number of fused-ring (bicyclic) bond motifs is 2. The summed E-state index contributed by atoms with van der Waals surface area (Å²) < 4.78 is 41.8. The van der Waals surface area contributed by atoms with E-state index in [0.29, 0.717) is 30.5 Å². The monoisotopic (exact) mass is 511 g/mol. The van der Waals surface area contributed by atoms with Gasteiger partial charge in [-0.05, 0) is 77.4 Å². The zero-order chi connectivity index (χ0) is 28.4. The van der Waals surface area contributed by atoms with Gasteiger partial charge in [-0.1, -0.05) is 73.7 Å². The highest BCUT2D eigenvalue weighted by molar-refractivity contribution is 5.83. The molecule has 194 valence electrons. The summed E-state index contributed by atoms with van der Waals surface area (Å²) in [6.07, 6.45) is 2.78. The SMILES string of the molecule is [3H]C([3H])([3H])Oc1cc2c3c(c1)-c1c(ccc(OCc4ccccc4)c1OCc1ccccc1)C[C@H]3N(CCC)CC2. The number of benzene rings is 4. The molecule has 4 heteroatoms. The molecule has 38 heavy (non-hydrogen) atoms. The maximum Gasteiger partial charge on any atom is 0.169 e. The largest absolute Gasteiger partial charge is 0.497 e. The first-order chi connectivity index (χ1) is 19.9. The van der Waals surface area contributed by atoms with Crippen LogP contribution < -0.4 is 14.2 Å². The van der Waals surface area contributed by atoms with E-state index in [-0.39, 0.29) is 6.04 Å². The van der Waals surface area contributed by atoms with E-state index in [9.17, 15) is 0 Å². The fraction of sp³-hybridized carbons (Fsp3) is 0.294. The van der Waals surface area contributed by atoms with Gasteiger partial charge in [0, 0.05) is 18.2 Å². The van der Waals surface area contributed by atoms with Crippen molar-refractivity contribution in [1.29, 1.82) is 0 Å². The lowest BCUT2D eigenvalue weighted by Gasteiger charge is -2.42. The second-order valence-corrected chi connectivity index (χ2v) is 10.1. The zero-order valence-electron chi connectivity index (χ0n) is 24.8. The highest BCUT2D eigenvalue weighted by Gasteiger charge is 2.36. The van der Waals surface area contributed by atoms with Crippen LogP contribution in [-0.4, -0.2) is 25.0 Å². The number of methoxy groups -OCH3 is 1. The van der Waals surface area contributed by atoms with Gasteiger partial charge in [0.1, 0.15) is 19.0 Å². The molecule has 4 aromatic rings. The first-order valence-corrected chi connectivity index (χ1v) is 13.5. The Kier molecular flexibility index (Phi) is 6.10. The minimum atomic E-state index is -2.53. The molecule has 1 aliphatic heterocycles. The molecule has 0 spiro atoms. The van der Waals surface area contributed by atoms with Crippen molar-refractivity contribution in [3.63, 3.8) is 0 Å². The second kappa shape index (κ2) is 10.9. The number of rotatable bonds is 9. The summed E-state index contributed by atoms with van der Waals surface area (Å²) >= 11 is 0. The minimum absolute atomic E-state index is 0.223. The molecule has 1 atom stereocenters. The van der Waals surface area contributed by atoms with E-state index >= 15 is 0 Å². The molecule has 0 radical (unpaired) electrons. The summed E-state index contributed by atoms with van der Waals surface area (Å²) in [5.74, 6) is 1.71. The van der Waals surface area contributed by atoms with Gasteiger partial charge in [-0.2, -0.15) is 0 Å². The highest BCUT2D eigenvalue weighted by atomic mass is 16.5. The molecule has 1 aliphatic carbocycles. The van der Waals surface area contributed by atoms with Crippen LogP contribution in [0.4, 0.5) is 0 Å². The Morgan fingerprint density at radius 2 is 1.61 bits per heavy atom. The van der Waals surface area contributed by atoms with Gasteiger partial charge in [0.25, 0.3) is 0 Å². The van der Waals surface area contributed by atoms with E-state index in [4.69, 9.17) is 18.3 Å². The Hall–Kier alpha value is -3.76. The molecule has 0 fully saturated rings. The predicted molar refractivity (Wildman–Crippen MR) is 152 cm³/mol. The van der Waals surface area contributed by atoms with Gasteiger partial charge in [-0.25, -0.2) is 0 Å². The smallest absolute Gasteiger partial charge is 0.169 e. The van der Waals surface area contributed by atoms with E-state index < -0.39 is 7.04 Å². The van der Waals surface area contributed by atoms with Gasteiger partial charge in [0.05, 0.1) is 11.2 Å². The molecule has 0 saturated carbocycles. The summed E-state index contributed by atoms with van der Waals surface area (Å²) in [4.78, 5) is 2.56. The molecule has 0 unspecified atom stereocenters. The lowest BCUT2D eigenvalue weighted by molar-refractivity contribution is 0.182. The fourth-order valence-electron chi connectivity index (χ4n) is 5.94. The van der Waals surface area contributed by atoms with Gasteiger partial charge in [-0.15, -0.1) is 0 Å². The normalized spacial score (nSPS) is 17.4.